The topological polar surface area (TPSA) is 52.7 Å². The second-order valence-electron chi connectivity index (χ2n) is 9.33. The molecule has 0 spiro atoms. The lowest BCUT2D eigenvalue weighted by atomic mass is 10.0. The van der Waals surface area contributed by atoms with Crippen LogP contribution < -0.4 is 10.9 Å². The minimum Gasteiger partial charge on any atom is -0.308 e. The maximum Gasteiger partial charge on any atom is 0.258 e. The summed E-state index contributed by atoms with van der Waals surface area (Å²) >= 11 is 1.64. The molecule has 0 fully saturated rings. The fourth-order valence-electron chi connectivity index (χ4n) is 4.97. The van der Waals surface area contributed by atoms with Crippen molar-refractivity contribution in [1.82, 2.24) is 19.3 Å². The van der Waals surface area contributed by atoms with E-state index in [0.29, 0.717) is 6.54 Å². The summed E-state index contributed by atoms with van der Waals surface area (Å²) in [6.45, 7) is 12.9. The molecule has 2 heterocycles. The van der Waals surface area contributed by atoms with Crippen LogP contribution in [0.25, 0.3) is 39.4 Å². The molecule has 0 saturated carbocycles. The van der Waals surface area contributed by atoms with E-state index < -0.39 is 0 Å². The first-order valence-electron chi connectivity index (χ1n) is 13.2. The fraction of sp³-hybridized carbons (Fsp3) is 0.182. The van der Waals surface area contributed by atoms with Crippen molar-refractivity contribution in [2.75, 3.05) is 5.75 Å². The number of aromatic nitrogens is 4. The van der Waals surface area contributed by atoms with Crippen LogP contribution in [0.5, 0.6) is 0 Å². The highest BCUT2D eigenvalue weighted by atomic mass is 32.2. The number of pyridine rings is 1. The van der Waals surface area contributed by atoms with Crippen LogP contribution in [-0.4, -0.2) is 25.1 Å². The van der Waals surface area contributed by atoms with E-state index in [9.17, 15) is 4.79 Å². The monoisotopic (exact) mass is 532 g/mol. The molecule has 5 rings (SSSR count). The molecule has 0 unspecified atom stereocenters. The van der Waals surface area contributed by atoms with Crippen molar-refractivity contribution in [3.05, 3.63) is 119 Å². The molecule has 0 amide bonds. The Hall–Kier alpha value is -4.16. The van der Waals surface area contributed by atoms with Crippen LogP contribution in [0, 0.1) is 0 Å². The summed E-state index contributed by atoms with van der Waals surface area (Å²) in [7, 11) is 0. The van der Waals surface area contributed by atoms with Crippen molar-refractivity contribution >= 4 is 45.5 Å². The van der Waals surface area contributed by atoms with Crippen LogP contribution in [-0.2, 0) is 13.0 Å². The lowest BCUT2D eigenvalue weighted by Crippen LogP contribution is -2.33. The lowest BCUT2D eigenvalue weighted by molar-refractivity contribution is 0.650. The molecule has 0 aliphatic rings. The Balaban J connectivity index is 1.43. The molecule has 0 atom stereocenters. The molecule has 0 aliphatic carbocycles. The first kappa shape index (κ1) is 26.4. The minimum absolute atomic E-state index is 0.0151. The van der Waals surface area contributed by atoms with Crippen LogP contribution in [0.2, 0.25) is 0 Å². The predicted molar refractivity (Wildman–Crippen MR) is 166 cm³/mol. The molecular formula is C33H32N4OS. The van der Waals surface area contributed by atoms with Gasteiger partial charge < -0.3 is 4.57 Å². The Morgan fingerprint density at radius 3 is 2.46 bits per heavy atom. The highest BCUT2D eigenvalue weighted by Crippen LogP contribution is 2.27. The Labute approximate surface area is 232 Å². The van der Waals surface area contributed by atoms with E-state index in [-0.39, 0.29) is 5.56 Å². The molecule has 39 heavy (non-hydrogen) atoms. The molecule has 0 radical (unpaired) electrons. The van der Waals surface area contributed by atoms with Crippen molar-refractivity contribution in [2.24, 2.45) is 0 Å². The molecule has 5 nitrogen and oxygen atoms in total. The van der Waals surface area contributed by atoms with Gasteiger partial charge in [0.15, 0.2) is 11.0 Å². The summed E-state index contributed by atoms with van der Waals surface area (Å²) in [5.74, 6) is 1.54. The predicted octanol–water partition coefficient (Wildman–Crippen LogP) is 6.75. The zero-order valence-corrected chi connectivity index (χ0v) is 23.2. The third-order valence-electron chi connectivity index (χ3n) is 6.91. The van der Waals surface area contributed by atoms with Crippen LogP contribution >= 0.6 is 11.8 Å². The largest absolute Gasteiger partial charge is 0.308 e. The number of nitrogens with zero attached hydrogens (tertiary/aromatic N) is 4. The van der Waals surface area contributed by atoms with Gasteiger partial charge in [-0.25, -0.2) is 0 Å². The third kappa shape index (κ3) is 5.12. The Kier molecular flexibility index (Phi) is 7.94. The van der Waals surface area contributed by atoms with Gasteiger partial charge in [-0.2, -0.15) is 0 Å². The van der Waals surface area contributed by atoms with E-state index in [1.54, 1.807) is 17.8 Å². The van der Waals surface area contributed by atoms with Crippen molar-refractivity contribution in [3.8, 4) is 5.69 Å². The average Bonchev–Trinajstić information content (AvgIpc) is 3.39. The fourth-order valence-corrected chi connectivity index (χ4v) is 5.85. The van der Waals surface area contributed by atoms with E-state index in [1.807, 2.05) is 60.1 Å². The number of thioether (sulfide) groups is 1. The molecule has 0 aliphatic heterocycles. The molecule has 196 valence electrons. The normalized spacial score (nSPS) is 12.2. The van der Waals surface area contributed by atoms with E-state index >= 15 is 0 Å². The summed E-state index contributed by atoms with van der Waals surface area (Å²) < 4.78 is 3.91. The van der Waals surface area contributed by atoms with Crippen molar-refractivity contribution in [2.45, 2.75) is 38.4 Å². The van der Waals surface area contributed by atoms with Gasteiger partial charge in [-0.1, -0.05) is 98.6 Å². The van der Waals surface area contributed by atoms with Gasteiger partial charge in [-0.3, -0.25) is 9.36 Å². The second-order valence-corrected chi connectivity index (χ2v) is 10.4. The van der Waals surface area contributed by atoms with Gasteiger partial charge in [-0.15, -0.1) is 10.2 Å². The van der Waals surface area contributed by atoms with Crippen molar-refractivity contribution < 1.29 is 0 Å². The highest BCUT2D eigenvalue weighted by molar-refractivity contribution is 7.99. The van der Waals surface area contributed by atoms with E-state index in [2.05, 4.69) is 65.2 Å². The Morgan fingerprint density at radius 1 is 1.03 bits per heavy atom. The summed E-state index contributed by atoms with van der Waals surface area (Å²) in [6, 6.07) is 20.5. The quantitative estimate of drug-likeness (QED) is 0.113. The Morgan fingerprint density at radius 2 is 1.77 bits per heavy atom. The molecule has 5 aromatic rings. The lowest BCUT2D eigenvalue weighted by Gasteiger charge is -2.13. The standard InChI is InChI=1S/C33H32N4OS/c1-5-11-26(12-6-2)31-34-35-33(37(31)27-19-17-24(7-3)18-20-27)39-22-10-21-36-23(4)28-15-8-13-25-14-9-16-29(30(25)28)32(36)38/h5-6,8-9,11-20H,1,4,7,10,21-22H2,2-3H3/b12-6-,26-11+. The maximum atomic E-state index is 13.4. The summed E-state index contributed by atoms with van der Waals surface area (Å²) in [4.78, 5) is 13.4. The van der Waals surface area contributed by atoms with Gasteiger partial charge in [0.2, 0.25) is 0 Å². The smallest absolute Gasteiger partial charge is 0.258 e. The zero-order valence-electron chi connectivity index (χ0n) is 22.4. The summed E-state index contributed by atoms with van der Waals surface area (Å²) in [5.41, 5.74) is 3.25. The Bertz CT molecular complexity index is 1750. The second kappa shape index (κ2) is 11.7. The number of hydrogen-bond acceptors (Lipinski definition) is 4. The first-order chi connectivity index (χ1) is 19.1. The van der Waals surface area contributed by atoms with E-state index in [0.717, 1.165) is 67.7 Å². The van der Waals surface area contributed by atoms with E-state index in [1.165, 1.54) is 5.56 Å². The first-order valence-corrected chi connectivity index (χ1v) is 14.2. The van der Waals surface area contributed by atoms with Crippen LogP contribution in [0.1, 0.15) is 31.7 Å². The van der Waals surface area contributed by atoms with Crippen LogP contribution in [0.4, 0.5) is 0 Å². The number of benzene rings is 3. The third-order valence-corrected chi connectivity index (χ3v) is 7.93. The van der Waals surface area contributed by atoms with Gasteiger partial charge in [0.1, 0.15) is 0 Å². The maximum absolute atomic E-state index is 13.4. The van der Waals surface area contributed by atoms with Crippen LogP contribution in [0.3, 0.4) is 0 Å². The van der Waals surface area contributed by atoms with Gasteiger partial charge in [0.25, 0.3) is 5.56 Å². The molecular weight excluding hydrogens is 500 g/mol. The average molecular weight is 533 g/mol. The summed E-state index contributed by atoms with van der Waals surface area (Å²) in [5, 5.41) is 14.5. The van der Waals surface area contributed by atoms with Gasteiger partial charge in [0.05, 0.1) is 0 Å². The molecule has 0 saturated heterocycles. The molecule has 3 aromatic carbocycles. The molecule has 0 bridgehead atoms. The number of allylic oxidation sites excluding steroid dienone is 5. The van der Waals surface area contributed by atoms with Gasteiger partial charge in [0, 0.05) is 45.1 Å². The number of rotatable bonds is 10. The van der Waals surface area contributed by atoms with Crippen molar-refractivity contribution in [3.63, 3.8) is 0 Å². The van der Waals surface area contributed by atoms with Gasteiger partial charge in [-0.05, 0) is 48.9 Å². The van der Waals surface area contributed by atoms with E-state index in [4.69, 9.17) is 0 Å². The molecule has 2 aromatic heterocycles. The molecule has 0 N–H and O–H groups in total. The van der Waals surface area contributed by atoms with Crippen LogP contribution in [0.15, 0.2) is 101 Å². The number of hydrogen-bond donors (Lipinski definition) is 0. The van der Waals surface area contributed by atoms with Crippen molar-refractivity contribution in [1.29, 1.82) is 0 Å². The minimum atomic E-state index is 0.0151. The SMILES string of the molecule is C=C/C=C(\C=C/C)c1nnc(SCCCn2c(=C)c3cccc4cccc(c2=O)c43)n1-c1ccc(CC)cc1. The summed E-state index contributed by atoms with van der Waals surface area (Å²) in [6.07, 6.45) is 9.49. The van der Waals surface area contributed by atoms with Gasteiger partial charge >= 0.3 is 0 Å². The zero-order chi connectivity index (χ0) is 27.4. The molecule has 6 heteroatoms. The number of aryl methyl sites for hydroxylation is 1. The highest BCUT2D eigenvalue weighted by Gasteiger charge is 2.17.